The van der Waals surface area contributed by atoms with Crippen molar-refractivity contribution in [3.8, 4) is 0 Å². The number of hydrogen-bond donors (Lipinski definition) is 1. The third-order valence-corrected chi connectivity index (χ3v) is 4.69. The van der Waals surface area contributed by atoms with Gasteiger partial charge in [0.25, 0.3) is 0 Å². The minimum atomic E-state index is -0.478. The van der Waals surface area contributed by atoms with Gasteiger partial charge in [0.15, 0.2) is 0 Å². The van der Waals surface area contributed by atoms with E-state index in [4.69, 9.17) is 0 Å². The summed E-state index contributed by atoms with van der Waals surface area (Å²) < 4.78 is 0. The zero-order valence-electron chi connectivity index (χ0n) is 12.6. The first-order chi connectivity index (χ1) is 10.1. The van der Waals surface area contributed by atoms with Crippen molar-refractivity contribution in [2.24, 2.45) is 11.8 Å². The highest BCUT2D eigenvalue weighted by Crippen LogP contribution is 2.40. The molecule has 1 heterocycles. The van der Waals surface area contributed by atoms with Crippen molar-refractivity contribution < 1.29 is 9.59 Å². The second-order valence-electron chi connectivity index (χ2n) is 6.25. The van der Waals surface area contributed by atoms with Gasteiger partial charge in [-0.15, -0.1) is 0 Å². The number of piperazine rings is 1. The van der Waals surface area contributed by atoms with Crippen LogP contribution in [0.3, 0.4) is 0 Å². The van der Waals surface area contributed by atoms with E-state index in [-0.39, 0.29) is 17.9 Å². The highest BCUT2D eigenvalue weighted by Gasteiger charge is 2.44. The molecule has 2 fully saturated rings. The zero-order chi connectivity index (χ0) is 15.0. The number of nitrogens with one attached hydrogen (secondary N) is 1. The third kappa shape index (κ3) is 2.67. The second kappa shape index (κ2) is 5.51. The molecule has 21 heavy (non-hydrogen) atoms. The molecule has 4 heteroatoms. The smallest absolute Gasteiger partial charge is 0.248 e. The Morgan fingerprint density at radius 2 is 1.90 bits per heavy atom. The van der Waals surface area contributed by atoms with Crippen molar-refractivity contribution >= 4 is 11.8 Å². The summed E-state index contributed by atoms with van der Waals surface area (Å²) in [7, 11) is 0. The quantitative estimate of drug-likeness (QED) is 0.921. The van der Waals surface area contributed by atoms with Crippen LogP contribution in [0.1, 0.15) is 38.3 Å². The van der Waals surface area contributed by atoms with E-state index in [0.29, 0.717) is 24.8 Å². The lowest BCUT2D eigenvalue weighted by Crippen LogP contribution is -2.59. The van der Waals surface area contributed by atoms with Gasteiger partial charge in [-0.1, -0.05) is 44.2 Å². The molecular weight excluding hydrogens is 264 g/mol. The average Bonchev–Trinajstić information content (AvgIpc) is 3.19. The molecule has 4 unspecified atom stereocenters. The van der Waals surface area contributed by atoms with Crippen molar-refractivity contribution in [3.63, 3.8) is 0 Å². The number of carbonyl (C=O) groups is 2. The molecule has 0 radical (unpaired) electrons. The first kappa shape index (κ1) is 14.1. The van der Waals surface area contributed by atoms with Crippen molar-refractivity contribution in [2.75, 3.05) is 6.54 Å². The maximum atomic E-state index is 12.7. The Balaban J connectivity index is 1.90. The van der Waals surface area contributed by atoms with Crippen LogP contribution >= 0.6 is 0 Å². The molecule has 4 atom stereocenters. The van der Waals surface area contributed by atoms with Crippen LogP contribution in [0.4, 0.5) is 0 Å². The monoisotopic (exact) mass is 286 g/mol. The summed E-state index contributed by atoms with van der Waals surface area (Å²) in [5.74, 6) is 1.22. The fourth-order valence-corrected chi connectivity index (χ4v) is 3.13. The van der Waals surface area contributed by atoms with Crippen LogP contribution in [0.5, 0.6) is 0 Å². The molecule has 0 bridgehead atoms. The summed E-state index contributed by atoms with van der Waals surface area (Å²) in [6.45, 7) is 4.83. The topological polar surface area (TPSA) is 49.4 Å². The Hall–Kier alpha value is -1.84. The Kier molecular flexibility index (Phi) is 3.70. The van der Waals surface area contributed by atoms with Gasteiger partial charge in [-0.3, -0.25) is 9.59 Å². The van der Waals surface area contributed by atoms with Gasteiger partial charge in [0.2, 0.25) is 11.8 Å². The van der Waals surface area contributed by atoms with Crippen molar-refractivity contribution in [3.05, 3.63) is 35.9 Å². The molecule has 1 aromatic rings. The number of nitrogens with zero attached hydrogens (tertiary/aromatic N) is 1. The lowest BCUT2D eigenvalue weighted by atomic mass is 9.98. The van der Waals surface area contributed by atoms with Crippen LogP contribution in [0, 0.1) is 11.8 Å². The van der Waals surface area contributed by atoms with Gasteiger partial charge in [-0.2, -0.15) is 0 Å². The van der Waals surface area contributed by atoms with E-state index >= 15 is 0 Å². The molecule has 112 valence electrons. The predicted octanol–water partition coefficient (Wildman–Crippen LogP) is 2.12. The van der Waals surface area contributed by atoms with E-state index in [0.717, 1.165) is 12.0 Å². The van der Waals surface area contributed by atoms with Gasteiger partial charge in [0.05, 0.1) is 0 Å². The minimum absolute atomic E-state index is 0.0547. The Labute approximate surface area is 125 Å². The number of hydrogen-bond acceptors (Lipinski definition) is 2. The number of carbonyl (C=O) groups excluding carboxylic acids is 2. The highest BCUT2D eigenvalue weighted by atomic mass is 16.2. The summed E-state index contributed by atoms with van der Waals surface area (Å²) in [6, 6.07) is 8.75. The average molecular weight is 286 g/mol. The largest absolute Gasteiger partial charge is 0.342 e. The van der Waals surface area contributed by atoms with E-state index in [1.165, 1.54) is 0 Å². The first-order valence-corrected chi connectivity index (χ1v) is 7.77. The molecule has 1 saturated heterocycles. The van der Waals surface area contributed by atoms with E-state index in [1.54, 1.807) is 4.90 Å². The predicted molar refractivity (Wildman–Crippen MR) is 80.4 cm³/mol. The fourth-order valence-electron chi connectivity index (χ4n) is 3.13. The van der Waals surface area contributed by atoms with Crippen molar-refractivity contribution in [1.29, 1.82) is 0 Å². The maximum Gasteiger partial charge on any atom is 0.248 e. The Morgan fingerprint density at radius 1 is 1.24 bits per heavy atom. The van der Waals surface area contributed by atoms with Crippen LogP contribution in [0.15, 0.2) is 30.3 Å². The summed E-state index contributed by atoms with van der Waals surface area (Å²) >= 11 is 0. The van der Waals surface area contributed by atoms with Gasteiger partial charge in [-0.05, 0) is 30.2 Å². The minimum Gasteiger partial charge on any atom is -0.342 e. The lowest BCUT2D eigenvalue weighted by Gasteiger charge is -2.39. The molecular formula is C17H22N2O2. The summed E-state index contributed by atoms with van der Waals surface area (Å²) in [6.07, 6.45) is 1.80. The SMILES string of the molecule is CCC1NC(=O)C(c2ccccc2)N(CC2CC2C)C1=O. The molecule has 4 nitrogen and oxygen atoms in total. The van der Waals surface area contributed by atoms with Crippen molar-refractivity contribution in [2.45, 2.75) is 38.8 Å². The highest BCUT2D eigenvalue weighted by molar-refractivity contribution is 5.97. The van der Waals surface area contributed by atoms with Crippen LogP contribution in [-0.2, 0) is 9.59 Å². The van der Waals surface area contributed by atoms with Gasteiger partial charge >= 0.3 is 0 Å². The molecule has 0 aromatic heterocycles. The molecule has 3 rings (SSSR count). The second-order valence-corrected chi connectivity index (χ2v) is 6.25. The standard InChI is InChI=1S/C17H22N2O2/c1-3-14-17(21)19(10-13-9-11(13)2)15(16(20)18-14)12-7-5-4-6-8-12/h4-8,11,13-15H,3,9-10H2,1-2H3,(H,18,20). The van der Waals surface area contributed by atoms with Gasteiger partial charge in [-0.25, -0.2) is 0 Å². The molecule has 2 amide bonds. The fraction of sp³-hybridized carbons (Fsp3) is 0.529. The third-order valence-electron chi connectivity index (χ3n) is 4.69. The molecule has 2 aliphatic rings. The van der Waals surface area contributed by atoms with Gasteiger partial charge in [0, 0.05) is 6.54 Å². The van der Waals surface area contributed by atoms with Gasteiger partial charge in [0.1, 0.15) is 12.1 Å². The Bertz CT molecular complexity index is 543. The number of rotatable bonds is 4. The summed E-state index contributed by atoms with van der Waals surface area (Å²) in [5, 5.41) is 2.87. The molecule has 1 aliphatic carbocycles. The summed E-state index contributed by atoms with van der Waals surface area (Å²) in [4.78, 5) is 27.0. The molecule has 1 N–H and O–H groups in total. The Morgan fingerprint density at radius 3 is 2.48 bits per heavy atom. The molecule has 1 aromatic carbocycles. The molecule has 1 aliphatic heterocycles. The van der Waals surface area contributed by atoms with Crippen LogP contribution in [-0.4, -0.2) is 29.3 Å². The number of benzene rings is 1. The van der Waals surface area contributed by atoms with Crippen LogP contribution in [0.25, 0.3) is 0 Å². The van der Waals surface area contributed by atoms with Crippen molar-refractivity contribution in [1.82, 2.24) is 10.2 Å². The van der Waals surface area contributed by atoms with E-state index < -0.39 is 6.04 Å². The van der Waals surface area contributed by atoms with Crippen LogP contribution < -0.4 is 5.32 Å². The van der Waals surface area contributed by atoms with Crippen LogP contribution in [0.2, 0.25) is 0 Å². The van der Waals surface area contributed by atoms with E-state index in [9.17, 15) is 9.59 Å². The summed E-state index contributed by atoms with van der Waals surface area (Å²) in [5.41, 5.74) is 0.895. The first-order valence-electron chi connectivity index (χ1n) is 7.77. The molecule has 0 spiro atoms. The van der Waals surface area contributed by atoms with Gasteiger partial charge < -0.3 is 10.2 Å². The normalized spacial score (nSPS) is 32.0. The maximum absolute atomic E-state index is 12.7. The van der Waals surface area contributed by atoms with E-state index in [1.807, 2.05) is 37.3 Å². The van der Waals surface area contributed by atoms with E-state index in [2.05, 4.69) is 12.2 Å². The lowest BCUT2D eigenvalue weighted by molar-refractivity contribution is -0.150. The number of amides is 2. The zero-order valence-corrected chi connectivity index (χ0v) is 12.6. The molecule has 1 saturated carbocycles.